The predicted octanol–water partition coefficient (Wildman–Crippen LogP) is 5.13. The number of methoxy groups -OCH3 is 1. The zero-order chi connectivity index (χ0) is 25.7. The fourth-order valence-electron chi connectivity index (χ4n) is 6.24. The first-order valence-electron chi connectivity index (χ1n) is 13.1. The first kappa shape index (κ1) is 23.6. The van der Waals surface area contributed by atoms with Gasteiger partial charge >= 0.3 is 6.09 Å². The lowest BCUT2D eigenvalue weighted by Crippen LogP contribution is -2.42. The molecule has 4 heterocycles. The topological polar surface area (TPSA) is 106 Å². The highest BCUT2D eigenvalue weighted by molar-refractivity contribution is 5.95. The highest BCUT2D eigenvalue weighted by atomic mass is 16.5. The summed E-state index contributed by atoms with van der Waals surface area (Å²) in [6.45, 7) is 3.76. The van der Waals surface area contributed by atoms with E-state index in [9.17, 15) is 9.59 Å². The van der Waals surface area contributed by atoms with Crippen LogP contribution in [0.25, 0.3) is 22.2 Å². The molecule has 0 radical (unpaired) electrons. The minimum atomic E-state index is -0.348. The third-order valence-electron chi connectivity index (χ3n) is 8.14. The lowest BCUT2D eigenvalue weighted by molar-refractivity contribution is -0.122. The number of fused-ring (bicyclic) bond motifs is 4. The van der Waals surface area contributed by atoms with Gasteiger partial charge < -0.3 is 14.3 Å². The molecule has 0 bridgehead atoms. The van der Waals surface area contributed by atoms with Crippen molar-refractivity contribution in [3.63, 3.8) is 0 Å². The zero-order valence-electron chi connectivity index (χ0n) is 21.5. The third kappa shape index (κ3) is 4.06. The molecule has 192 valence electrons. The predicted molar refractivity (Wildman–Crippen MR) is 141 cm³/mol. The largest absolute Gasteiger partial charge is 0.452 e. The number of ether oxygens (including phenoxy) is 1. The number of amides is 1. The van der Waals surface area contributed by atoms with Gasteiger partial charge in [0.15, 0.2) is 5.65 Å². The number of anilines is 1. The van der Waals surface area contributed by atoms with E-state index in [0.717, 1.165) is 83.5 Å². The van der Waals surface area contributed by atoms with Crippen molar-refractivity contribution in [1.29, 1.82) is 0 Å². The number of nitrogens with zero attached hydrogens (tertiary/aromatic N) is 5. The Morgan fingerprint density at radius 2 is 2.03 bits per heavy atom. The number of imidazole rings is 1. The van der Waals surface area contributed by atoms with Gasteiger partial charge in [-0.3, -0.25) is 9.69 Å². The minimum Gasteiger partial charge on any atom is -0.452 e. The second-order valence-corrected chi connectivity index (χ2v) is 10.4. The Labute approximate surface area is 215 Å². The molecule has 6 rings (SSSR count). The number of aromatic amines is 1. The van der Waals surface area contributed by atoms with E-state index in [0.29, 0.717) is 6.42 Å². The number of carbonyl (C=O) groups excluding carboxylic acids is 2. The van der Waals surface area contributed by atoms with Gasteiger partial charge in [0, 0.05) is 36.2 Å². The van der Waals surface area contributed by atoms with Crippen molar-refractivity contribution in [3.8, 4) is 0 Å². The molecule has 1 saturated carbocycles. The van der Waals surface area contributed by atoms with E-state index < -0.39 is 0 Å². The summed E-state index contributed by atoms with van der Waals surface area (Å²) in [4.78, 5) is 44.3. The van der Waals surface area contributed by atoms with Gasteiger partial charge in [-0.05, 0) is 64.2 Å². The number of carbonyl (C=O) groups is 2. The van der Waals surface area contributed by atoms with Crippen molar-refractivity contribution >= 4 is 39.8 Å². The first-order valence-corrected chi connectivity index (χ1v) is 13.1. The van der Waals surface area contributed by atoms with Crippen molar-refractivity contribution in [3.05, 3.63) is 47.7 Å². The van der Waals surface area contributed by atoms with Crippen LogP contribution in [0.4, 0.5) is 10.5 Å². The van der Waals surface area contributed by atoms with E-state index in [4.69, 9.17) is 14.7 Å². The van der Waals surface area contributed by atoms with Crippen molar-refractivity contribution in [2.75, 3.05) is 12.0 Å². The number of hydrogen-bond donors (Lipinski definition) is 1. The summed E-state index contributed by atoms with van der Waals surface area (Å²) >= 11 is 0. The molecule has 1 aliphatic heterocycles. The number of aryl methyl sites for hydroxylation is 1. The van der Waals surface area contributed by atoms with E-state index in [1.165, 1.54) is 7.11 Å². The number of Topliss-reactive ketones (excluding diaryl/α,β-unsaturated/α-hetero) is 1. The molecule has 1 N–H and O–H groups in total. The van der Waals surface area contributed by atoms with Crippen molar-refractivity contribution in [2.45, 2.75) is 70.9 Å². The van der Waals surface area contributed by atoms with Gasteiger partial charge in [-0.15, -0.1) is 0 Å². The summed E-state index contributed by atoms with van der Waals surface area (Å²) in [5.41, 5.74) is 6.36. The molecule has 9 heteroatoms. The van der Waals surface area contributed by atoms with Crippen LogP contribution in [0.15, 0.2) is 30.6 Å². The highest BCUT2D eigenvalue weighted by Crippen LogP contribution is 2.41. The van der Waals surface area contributed by atoms with Crippen LogP contribution in [0.1, 0.15) is 69.1 Å². The number of benzene rings is 1. The van der Waals surface area contributed by atoms with Gasteiger partial charge in [-0.2, -0.15) is 0 Å². The summed E-state index contributed by atoms with van der Waals surface area (Å²) in [6, 6.07) is 6.27. The van der Waals surface area contributed by atoms with Gasteiger partial charge in [0.2, 0.25) is 0 Å². The van der Waals surface area contributed by atoms with Gasteiger partial charge in [-0.25, -0.2) is 19.7 Å². The molecule has 3 aromatic heterocycles. The number of rotatable bonds is 4. The average Bonchev–Trinajstić information content (AvgIpc) is 3.52. The summed E-state index contributed by atoms with van der Waals surface area (Å²) in [7, 11) is 1.42. The Morgan fingerprint density at radius 3 is 2.84 bits per heavy atom. The number of hydrogen-bond acceptors (Lipinski definition) is 6. The van der Waals surface area contributed by atoms with Crippen LogP contribution in [-0.2, 0) is 22.4 Å². The molecule has 0 saturated heterocycles. The van der Waals surface area contributed by atoms with Crippen LogP contribution in [0.3, 0.4) is 0 Å². The van der Waals surface area contributed by atoms with Gasteiger partial charge in [0.05, 0.1) is 35.7 Å². The van der Waals surface area contributed by atoms with E-state index >= 15 is 0 Å². The summed E-state index contributed by atoms with van der Waals surface area (Å²) in [6.07, 6.45) is 9.31. The van der Waals surface area contributed by atoms with Crippen molar-refractivity contribution < 1.29 is 14.3 Å². The summed E-state index contributed by atoms with van der Waals surface area (Å²) in [5.74, 6) is 1.26. The monoisotopic (exact) mass is 500 g/mol. The quantitative estimate of drug-likeness (QED) is 0.417. The number of aromatic nitrogens is 5. The van der Waals surface area contributed by atoms with E-state index in [2.05, 4.69) is 20.6 Å². The van der Waals surface area contributed by atoms with Gasteiger partial charge in [0.25, 0.3) is 0 Å². The second-order valence-electron chi connectivity index (χ2n) is 10.4. The molecular formula is C28H32N6O3. The molecule has 4 aromatic rings. The summed E-state index contributed by atoms with van der Waals surface area (Å²) < 4.78 is 7.45. The molecule has 0 spiro atoms. The van der Waals surface area contributed by atoms with Crippen LogP contribution in [0.2, 0.25) is 0 Å². The molecule has 1 aromatic carbocycles. The Balaban J connectivity index is 1.49. The van der Waals surface area contributed by atoms with E-state index in [1.807, 2.05) is 25.3 Å². The maximum absolute atomic E-state index is 12.6. The fourth-order valence-corrected chi connectivity index (χ4v) is 6.24. The zero-order valence-corrected chi connectivity index (χ0v) is 21.5. The van der Waals surface area contributed by atoms with Gasteiger partial charge in [-0.1, -0.05) is 6.42 Å². The molecule has 9 nitrogen and oxygen atoms in total. The lowest BCUT2D eigenvalue weighted by atomic mass is 9.83. The Hall–Kier alpha value is -3.75. The molecular weight excluding hydrogens is 468 g/mol. The van der Waals surface area contributed by atoms with E-state index in [1.54, 1.807) is 18.0 Å². The fraction of sp³-hybridized carbons (Fsp3) is 0.464. The van der Waals surface area contributed by atoms with Crippen LogP contribution in [0, 0.1) is 5.92 Å². The molecule has 37 heavy (non-hydrogen) atoms. The van der Waals surface area contributed by atoms with E-state index in [-0.39, 0.29) is 29.9 Å². The first-order chi connectivity index (χ1) is 17.9. The Morgan fingerprint density at radius 1 is 1.16 bits per heavy atom. The molecule has 0 unspecified atom stereocenters. The van der Waals surface area contributed by atoms with Crippen LogP contribution < -0.4 is 4.90 Å². The SMILES string of the molecule is COC(=O)N1c2ccc3c(nc(Cc4cnc5[nH]ccc5n4)n3[C@@H]3CCC[C@@H](C(C)=O)C3)c2CC[C@@H]1C. The van der Waals surface area contributed by atoms with Crippen LogP contribution in [-0.4, -0.2) is 49.5 Å². The van der Waals surface area contributed by atoms with Crippen LogP contribution >= 0.6 is 0 Å². The van der Waals surface area contributed by atoms with Crippen molar-refractivity contribution in [1.82, 2.24) is 24.5 Å². The molecule has 1 amide bonds. The average molecular weight is 501 g/mol. The highest BCUT2D eigenvalue weighted by Gasteiger charge is 2.33. The third-order valence-corrected chi connectivity index (χ3v) is 8.14. The lowest BCUT2D eigenvalue weighted by Gasteiger charge is -2.34. The minimum absolute atomic E-state index is 0.0528. The van der Waals surface area contributed by atoms with Crippen molar-refractivity contribution in [2.24, 2.45) is 5.92 Å². The number of ketones is 1. The maximum atomic E-state index is 12.6. The summed E-state index contributed by atoms with van der Waals surface area (Å²) in [5, 5.41) is 0. The van der Waals surface area contributed by atoms with Gasteiger partial charge in [0.1, 0.15) is 17.1 Å². The number of H-pyrrole nitrogens is 1. The van der Waals surface area contributed by atoms with Crippen LogP contribution in [0.5, 0.6) is 0 Å². The molecule has 1 aliphatic carbocycles. The molecule has 1 fully saturated rings. The molecule has 2 aliphatic rings. The molecule has 3 atom stereocenters. The normalized spacial score (nSPS) is 21.8. The Kier molecular flexibility index (Phi) is 5.93. The second kappa shape index (κ2) is 9.28. The number of nitrogens with one attached hydrogen (secondary N) is 1. The Bertz CT molecular complexity index is 1500. The smallest absolute Gasteiger partial charge is 0.414 e. The maximum Gasteiger partial charge on any atom is 0.414 e. The standard InChI is InChI=1S/C28H32N6O3/c1-16-7-8-21-23(33(16)28(36)37-3)9-10-24-26(21)32-25(14-19-15-30-27-22(31-19)11-12-29-27)34(24)20-6-4-5-18(13-20)17(2)35/h9-12,15-16,18,20H,4-8,13-14H2,1-3H3,(H,29,30)/t16-,18+,20+/m0/s1.